The van der Waals surface area contributed by atoms with Crippen molar-refractivity contribution >= 4 is 22.5 Å². The summed E-state index contributed by atoms with van der Waals surface area (Å²) in [6, 6.07) is 10.8. The van der Waals surface area contributed by atoms with E-state index in [0.717, 1.165) is 0 Å². The third kappa shape index (κ3) is 2.48. The Bertz CT molecular complexity index is 946. The molecule has 3 rings (SSSR count). The molecule has 0 bridgehead atoms. The van der Waals surface area contributed by atoms with Crippen molar-refractivity contribution in [2.75, 3.05) is 0 Å². The Morgan fingerprint density at radius 2 is 1.90 bits per heavy atom. The maximum absolute atomic E-state index is 13.2. The Kier molecular flexibility index (Phi) is 3.35. The van der Waals surface area contributed by atoms with E-state index in [1.807, 2.05) is 0 Å². The second-order valence-electron chi connectivity index (χ2n) is 4.51. The van der Waals surface area contributed by atoms with Crippen LogP contribution in [0.25, 0.3) is 10.9 Å². The van der Waals surface area contributed by atoms with Crippen LogP contribution in [0.15, 0.2) is 56.5 Å². The Morgan fingerprint density at radius 1 is 1.14 bits per heavy atom. The Morgan fingerprint density at radius 3 is 2.67 bits per heavy atom. The summed E-state index contributed by atoms with van der Waals surface area (Å²) in [6.45, 7) is 0.128. The van der Waals surface area contributed by atoms with Crippen LogP contribution in [0.1, 0.15) is 5.56 Å². The summed E-state index contributed by atoms with van der Waals surface area (Å²) < 4.78 is 19.2. The van der Waals surface area contributed by atoms with Gasteiger partial charge in [0.05, 0.1) is 22.5 Å². The summed E-state index contributed by atoms with van der Waals surface area (Å²) in [5.41, 5.74) is 0.408. The standard InChI is InChI=1S/C15H9ClFNO3/c16-11-7-9(5-6-12(11)17)8-18-13-4-2-1-3-10(13)14(19)21-15(18)20/h1-7H,8H2. The van der Waals surface area contributed by atoms with Gasteiger partial charge in [0.2, 0.25) is 0 Å². The molecule has 0 aliphatic heterocycles. The van der Waals surface area contributed by atoms with E-state index in [9.17, 15) is 14.0 Å². The first-order valence-electron chi connectivity index (χ1n) is 6.13. The van der Waals surface area contributed by atoms with Crippen LogP contribution in [0.2, 0.25) is 5.02 Å². The number of hydrogen-bond donors (Lipinski definition) is 0. The first-order chi connectivity index (χ1) is 10.1. The van der Waals surface area contributed by atoms with E-state index in [0.29, 0.717) is 16.5 Å². The highest BCUT2D eigenvalue weighted by molar-refractivity contribution is 6.30. The molecule has 6 heteroatoms. The first kappa shape index (κ1) is 13.6. The van der Waals surface area contributed by atoms with Crippen LogP contribution in [0.4, 0.5) is 4.39 Å². The molecule has 2 aromatic carbocycles. The van der Waals surface area contributed by atoms with Crippen molar-refractivity contribution in [2.24, 2.45) is 0 Å². The molecule has 0 radical (unpaired) electrons. The number of fused-ring (bicyclic) bond motifs is 1. The average molecular weight is 306 g/mol. The zero-order valence-corrected chi connectivity index (χ0v) is 11.4. The van der Waals surface area contributed by atoms with Gasteiger partial charge >= 0.3 is 11.4 Å². The van der Waals surface area contributed by atoms with Crippen LogP contribution in [0.5, 0.6) is 0 Å². The van der Waals surface area contributed by atoms with Crippen molar-refractivity contribution in [1.29, 1.82) is 0 Å². The fourth-order valence-electron chi connectivity index (χ4n) is 2.14. The second-order valence-corrected chi connectivity index (χ2v) is 4.91. The maximum Gasteiger partial charge on any atom is 0.422 e. The fourth-order valence-corrected chi connectivity index (χ4v) is 2.34. The van der Waals surface area contributed by atoms with Crippen LogP contribution in [-0.4, -0.2) is 4.57 Å². The molecule has 1 heterocycles. The molecule has 0 N–H and O–H groups in total. The van der Waals surface area contributed by atoms with Crippen LogP contribution < -0.4 is 11.4 Å². The van der Waals surface area contributed by atoms with Crippen molar-refractivity contribution in [3.63, 3.8) is 0 Å². The Hall–Kier alpha value is -2.40. The average Bonchev–Trinajstić information content (AvgIpc) is 2.47. The van der Waals surface area contributed by atoms with E-state index >= 15 is 0 Å². The highest BCUT2D eigenvalue weighted by Crippen LogP contribution is 2.17. The molecule has 0 aliphatic carbocycles. The van der Waals surface area contributed by atoms with Gasteiger partial charge in [-0.25, -0.2) is 14.0 Å². The van der Waals surface area contributed by atoms with Crippen molar-refractivity contribution in [2.45, 2.75) is 6.54 Å². The van der Waals surface area contributed by atoms with Crippen LogP contribution in [-0.2, 0) is 6.54 Å². The van der Waals surface area contributed by atoms with E-state index in [2.05, 4.69) is 0 Å². The summed E-state index contributed by atoms with van der Waals surface area (Å²) in [4.78, 5) is 23.6. The molecule has 1 aromatic heterocycles. The zero-order chi connectivity index (χ0) is 15.0. The Labute approximate surface area is 123 Å². The van der Waals surface area contributed by atoms with Gasteiger partial charge in [0, 0.05) is 0 Å². The normalized spacial score (nSPS) is 11.0. The lowest BCUT2D eigenvalue weighted by Gasteiger charge is -2.08. The zero-order valence-electron chi connectivity index (χ0n) is 10.7. The quantitative estimate of drug-likeness (QED) is 0.731. The fraction of sp³-hybridized carbons (Fsp3) is 0.0667. The monoisotopic (exact) mass is 305 g/mol. The van der Waals surface area contributed by atoms with Crippen molar-refractivity contribution in [1.82, 2.24) is 4.57 Å². The Balaban J connectivity index is 2.18. The van der Waals surface area contributed by atoms with E-state index in [1.54, 1.807) is 24.3 Å². The number of para-hydroxylation sites is 1. The molecule has 0 saturated heterocycles. The SMILES string of the molecule is O=c1oc(=O)n(Cc2ccc(F)c(Cl)c2)c2ccccc12. The molecule has 0 saturated carbocycles. The lowest BCUT2D eigenvalue weighted by Crippen LogP contribution is -2.25. The van der Waals surface area contributed by atoms with Gasteiger partial charge in [-0.2, -0.15) is 0 Å². The summed E-state index contributed by atoms with van der Waals surface area (Å²) in [5, 5.41) is 0.285. The molecule has 3 aromatic rings. The van der Waals surface area contributed by atoms with Gasteiger partial charge in [0.15, 0.2) is 0 Å². The summed E-state index contributed by atoms with van der Waals surface area (Å²) in [7, 11) is 0. The topological polar surface area (TPSA) is 52.2 Å². The lowest BCUT2D eigenvalue weighted by atomic mass is 10.2. The first-order valence-corrected chi connectivity index (χ1v) is 6.50. The number of benzene rings is 2. The highest BCUT2D eigenvalue weighted by Gasteiger charge is 2.10. The van der Waals surface area contributed by atoms with E-state index in [-0.39, 0.29) is 11.6 Å². The van der Waals surface area contributed by atoms with Crippen LogP contribution in [0.3, 0.4) is 0 Å². The van der Waals surface area contributed by atoms with Gasteiger partial charge < -0.3 is 4.42 Å². The molecule has 21 heavy (non-hydrogen) atoms. The molecule has 0 amide bonds. The highest BCUT2D eigenvalue weighted by atomic mass is 35.5. The van der Waals surface area contributed by atoms with E-state index in [1.165, 1.54) is 22.8 Å². The number of hydrogen-bond acceptors (Lipinski definition) is 3. The smallest absolute Gasteiger partial charge is 0.372 e. The minimum Gasteiger partial charge on any atom is -0.372 e. The third-order valence-corrected chi connectivity index (χ3v) is 3.43. The van der Waals surface area contributed by atoms with Gasteiger partial charge in [-0.1, -0.05) is 29.8 Å². The van der Waals surface area contributed by atoms with Crippen molar-refractivity contribution < 1.29 is 8.81 Å². The van der Waals surface area contributed by atoms with Gasteiger partial charge in [-0.05, 0) is 29.8 Å². The van der Waals surface area contributed by atoms with Gasteiger partial charge in [0.25, 0.3) is 0 Å². The predicted octanol–water partition coefficient (Wildman–Crippen LogP) is 2.80. The molecule has 4 nitrogen and oxygen atoms in total. The largest absolute Gasteiger partial charge is 0.422 e. The van der Waals surface area contributed by atoms with E-state index < -0.39 is 17.2 Å². The molecule has 0 unspecified atom stereocenters. The molecule has 0 fully saturated rings. The molecular weight excluding hydrogens is 297 g/mol. The van der Waals surface area contributed by atoms with Crippen LogP contribution >= 0.6 is 11.6 Å². The molecule has 106 valence electrons. The van der Waals surface area contributed by atoms with Crippen molar-refractivity contribution in [3.05, 3.63) is 79.8 Å². The number of halogens is 2. The van der Waals surface area contributed by atoms with Crippen LogP contribution in [0, 0.1) is 5.82 Å². The minimum atomic E-state index is -0.765. The van der Waals surface area contributed by atoms with Crippen molar-refractivity contribution in [3.8, 4) is 0 Å². The van der Waals surface area contributed by atoms with Gasteiger partial charge in [0.1, 0.15) is 5.82 Å². The predicted molar refractivity (Wildman–Crippen MR) is 77.3 cm³/mol. The summed E-state index contributed by atoms with van der Waals surface area (Å²) in [5.74, 6) is -1.30. The third-order valence-electron chi connectivity index (χ3n) is 3.14. The van der Waals surface area contributed by atoms with E-state index in [4.69, 9.17) is 16.0 Å². The lowest BCUT2D eigenvalue weighted by molar-refractivity contribution is 0.425. The van der Waals surface area contributed by atoms with Gasteiger partial charge in [-0.15, -0.1) is 0 Å². The number of rotatable bonds is 2. The number of nitrogens with zero attached hydrogens (tertiary/aromatic N) is 1. The summed E-state index contributed by atoms with van der Waals surface area (Å²) in [6.07, 6.45) is 0. The maximum atomic E-state index is 13.2. The molecule has 0 spiro atoms. The molecular formula is C15H9ClFNO3. The summed E-state index contributed by atoms with van der Waals surface area (Å²) >= 11 is 5.73. The number of aromatic nitrogens is 1. The second kappa shape index (κ2) is 5.18. The van der Waals surface area contributed by atoms with Gasteiger partial charge in [-0.3, -0.25) is 4.57 Å². The molecule has 0 aliphatic rings. The molecule has 0 atom stereocenters. The minimum absolute atomic E-state index is 0.0257.